The third-order valence-electron chi connectivity index (χ3n) is 7.02. The van der Waals surface area contributed by atoms with Crippen molar-refractivity contribution in [3.63, 3.8) is 0 Å². The van der Waals surface area contributed by atoms with E-state index >= 15 is 0 Å². The molecule has 5 nitrogen and oxygen atoms in total. The number of allylic oxidation sites excluding steroid dienone is 3. The molecule has 2 aliphatic carbocycles. The van der Waals surface area contributed by atoms with Crippen molar-refractivity contribution < 1.29 is 32.6 Å². The molecule has 0 radical (unpaired) electrons. The van der Waals surface area contributed by atoms with E-state index in [0.717, 1.165) is 11.1 Å². The SMILES string of the molecule is CCN1C(=O)CC(C)(C)c2cc(C)c(C3=CC([C@H]4C[C@@H]4C(=O)O)CC=C3OC(F)(F)F)cc21. The number of carboxylic acids is 1. The molecule has 1 aromatic carbocycles. The lowest BCUT2D eigenvalue weighted by atomic mass is 9.75. The van der Waals surface area contributed by atoms with Crippen molar-refractivity contribution in [3.8, 4) is 0 Å². The Morgan fingerprint density at radius 3 is 2.58 bits per heavy atom. The number of halogens is 3. The molecule has 3 aliphatic rings. The van der Waals surface area contributed by atoms with Crippen molar-refractivity contribution >= 4 is 23.1 Å². The molecule has 4 rings (SSSR count). The summed E-state index contributed by atoms with van der Waals surface area (Å²) < 4.78 is 43.9. The predicted molar refractivity (Wildman–Crippen MR) is 117 cm³/mol. The van der Waals surface area contributed by atoms with Gasteiger partial charge in [-0.2, -0.15) is 0 Å². The Morgan fingerprint density at radius 2 is 2.00 bits per heavy atom. The number of ether oxygens (including phenoxy) is 1. The van der Waals surface area contributed by atoms with E-state index in [9.17, 15) is 27.9 Å². The van der Waals surface area contributed by atoms with Gasteiger partial charge >= 0.3 is 12.3 Å². The Kier molecular flexibility index (Phi) is 5.61. The van der Waals surface area contributed by atoms with Crippen LogP contribution in [-0.4, -0.2) is 29.9 Å². The average molecular weight is 463 g/mol. The molecule has 1 saturated carbocycles. The van der Waals surface area contributed by atoms with Crippen LogP contribution in [0.5, 0.6) is 0 Å². The largest absolute Gasteiger partial charge is 0.573 e. The van der Waals surface area contributed by atoms with E-state index in [1.807, 2.05) is 33.8 Å². The molecule has 33 heavy (non-hydrogen) atoms. The van der Waals surface area contributed by atoms with E-state index in [-0.39, 0.29) is 23.5 Å². The zero-order chi connectivity index (χ0) is 24.3. The summed E-state index contributed by atoms with van der Waals surface area (Å²) in [6.07, 6.45) is -0.539. The molecule has 1 fully saturated rings. The highest BCUT2D eigenvalue weighted by molar-refractivity contribution is 5.99. The Balaban J connectivity index is 1.82. The monoisotopic (exact) mass is 463 g/mol. The Hall–Kier alpha value is -2.77. The number of amides is 1. The number of hydrogen-bond donors (Lipinski definition) is 1. The maximum Gasteiger partial charge on any atom is 0.573 e. The zero-order valence-electron chi connectivity index (χ0n) is 19.1. The first kappa shape index (κ1) is 23.4. The number of carboxylic acid groups (broad SMARTS) is 1. The molecule has 0 aromatic heterocycles. The van der Waals surface area contributed by atoms with Crippen molar-refractivity contribution in [2.24, 2.45) is 17.8 Å². The van der Waals surface area contributed by atoms with Gasteiger partial charge in [-0.3, -0.25) is 9.59 Å². The van der Waals surface area contributed by atoms with Crippen LogP contribution in [0, 0.1) is 24.7 Å². The van der Waals surface area contributed by atoms with Crippen LogP contribution in [0.15, 0.2) is 30.0 Å². The molecule has 8 heteroatoms. The van der Waals surface area contributed by atoms with Crippen LogP contribution >= 0.6 is 0 Å². The number of aliphatic carboxylic acids is 1. The smallest absolute Gasteiger partial charge is 0.481 e. The summed E-state index contributed by atoms with van der Waals surface area (Å²) in [5, 5.41) is 9.30. The molecular formula is C25H28F3NO4. The van der Waals surface area contributed by atoms with E-state index in [1.54, 1.807) is 17.0 Å². The maximum absolute atomic E-state index is 13.2. The van der Waals surface area contributed by atoms with Crippen LogP contribution in [0.4, 0.5) is 18.9 Å². The van der Waals surface area contributed by atoms with Gasteiger partial charge in [0.05, 0.1) is 5.92 Å². The number of carbonyl (C=O) groups excluding carboxylic acids is 1. The second kappa shape index (κ2) is 7.92. The van der Waals surface area contributed by atoms with Crippen LogP contribution in [0.2, 0.25) is 0 Å². The van der Waals surface area contributed by atoms with Gasteiger partial charge in [0.15, 0.2) is 0 Å². The number of benzene rings is 1. The molecule has 1 amide bonds. The summed E-state index contributed by atoms with van der Waals surface area (Å²) in [5.74, 6) is -1.93. The summed E-state index contributed by atoms with van der Waals surface area (Å²) in [6, 6.07) is 3.74. The molecule has 0 spiro atoms. The molecule has 0 bridgehead atoms. The third-order valence-corrected chi connectivity index (χ3v) is 7.02. The fourth-order valence-corrected chi connectivity index (χ4v) is 5.23. The minimum absolute atomic E-state index is 0.0232. The van der Waals surface area contributed by atoms with Crippen LogP contribution < -0.4 is 4.90 Å². The van der Waals surface area contributed by atoms with Crippen LogP contribution in [0.1, 0.15) is 56.7 Å². The molecule has 3 atom stereocenters. The van der Waals surface area contributed by atoms with E-state index in [1.165, 1.54) is 6.08 Å². The van der Waals surface area contributed by atoms with Gasteiger partial charge in [-0.25, -0.2) is 0 Å². The molecule has 1 heterocycles. The number of anilines is 1. The van der Waals surface area contributed by atoms with Gasteiger partial charge in [-0.1, -0.05) is 26.0 Å². The van der Waals surface area contributed by atoms with Crippen molar-refractivity contribution in [3.05, 3.63) is 46.7 Å². The van der Waals surface area contributed by atoms with E-state index in [0.29, 0.717) is 42.6 Å². The molecular weight excluding hydrogens is 435 g/mol. The third kappa shape index (κ3) is 4.39. The Morgan fingerprint density at radius 1 is 1.30 bits per heavy atom. The van der Waals surface area contributed by atoms with Gasteiger partial charge in [0.1, 0.15) is 5.76 Å². The minimum atomic E-state index is -4.85. The first-order valence-electron chi connectivity index (χ1n) is 11.2. The second-order valence-corrected chi connectivity index (χ2v) is 9.82. The quantitative estimate of drug-likeness (QED) is 0.620. The first-order valence-corrected chi connectivity index (χ1v) is 11.2. The number of hydrogen-bond acceptors (Lipinski definition) is 3. The van der Waals surface area contributed by atoms with Gasteiger partial charge < -0.3 is 14.7 Å². The zero-order valence-corrected chi connectivity index (χ0v) is 19.1. The second-order valence-electron chi connectivity index (χ2n) is 9.82. The molecule has 0 saturated heterocycles. The molecule has 1 N–H and O–H groups in total. The van der Waals surface area contributed by atoms with Gasteiger partial charge in [-0.15, -0.1) is 13.2 Å². The number of carbonyl (C=O) groups is 2. The van der Waals surface area contributed by atoms with Gasteiger partial charge in [-0.05, 0) is 67.4 Å². The molecule has 1 aliphatic heterocycles. The maximum atomic E-state index is 13.2. The normalized spacial score (nSPS) is 26.3. The molecule has 1 unspecified atom stereocenters. The van der Waals surface area contributed by atoms with Gasteiger partial charge in [0, 0.05) is 29.6 Å². The lowest BCUT2D eigenvalue weighted by molar-refractivity contribution is -0.302. The standard InChI is InChI=1S/C25H28F3NO4/c1-5-29-20-11-15(13(2)8-19(20)24(3,4)12-22(29)30)17-9-14(16-10-18(16)23(31)32)6-7-21(17)33-25(26,27)28/h7-9,11,14,16,18H,5-6,10,12H2,1-4H3,(H,31,32)/t14?,16-,18+/m1/s1. The number of rotatable bonds is 5. The van der Waals surface area contributed by atoms with E-state index in [2.05, 4.69) is 4.74 Å². The number of nitrogens with zero attached hydrogens (tertiary/aromatic N) is 1. The summed E-state index contributed by atoms with van der Waals surface area (Å²) in [6.45, 7) is 8.14. The average Bonchev–Trinajstić information content (AvgIpc) is 3.48. The highest BCUT2D eigenvalue weighted by Crippen LogP contribution is 2.51. The summed E-state index contributed by atoms with van der Waals surface area (Å²) >= 11 is 0. The van der Waals surface area contributed by atoms with Crippen LogP contribution in [0.3, 0.4) is 0 Å². The van der Waals surface area contributed by atoms with Gasteiger partial charge in [0.2, 0.25) is 5.91 Å². The number of alkyl halides is 3. The summed E-state index contributed by atoms with van der Waals surface area (Å²) in [7, 11) is 0. The fraction of sp³-hybridized carbons (Fsp3) is 0.520. The first-order chi connectivity index (χ1) is 15.3. The topological polar surface area (TPSA) is 66.8 Å². The number of fused-ring (bicyclic) bond motifs is 1. The highest BCUT2D eigenvalue weighted by atomic mass is 19.4. The van der Waals surface area contributed by atoms with Crippen molar-refractivity contribution in [2.45, 2.75) is 58.7 Å². The Labute approximate surface area is 190 Å². The van der Waals surface area contributed by atoms with E-state index in [4.69, 9.17) is 0 Å². The minimum Gasteiger partial charge on any atom is -0.481 e. The van der Waals surface area contributed by atoms with Crippen LogP contribution in [-0.2, 0) is 19.7 Å². The molecule has 178 valence electrons. The Bertz CT molecular complexity index is 1070. The van der Waals surface area contributed by atoms with Crippen LogP contribution in [0.25, 0.3) is 5.57 Å². The molecule has 1 aromatic rings. The summed E-state index contributed by atoms with van der Waals surface area (Å²) in [5.41, 5.74) is 2.92. The lowest BCUT2D eigenvalue weighted by Crippen LogP contribution is -2.42. The van der Waals surface area contributed by atoms with Crippen molar-refractivity contribution in [1.82, 2.24) is 0 Å². The van der Waals surface area contributed by atoms with Gasteiger partial charge in [0.25, 0.3) is 0 Å². The predicted octanol–water partition coefficient (Wildman–Crippen LogP) is 5.57. The summed E-state index contributed by atoms with van der Waals surface area (Å²) in [4.78, 5) is 25.8. The fourth-order valence-electron chi connectivity index (χ4n) is 5.23. The van der Waals surface area contributed by atoms with Crippen molar-refractivity contribution in [1.29, 1.82) is 0 Å². The lowest BCUT2D eigenvalue weighted by Gasteiger charge is -2.39. The van der Waals surface area contributed by atoms with Crippen molar-refractivity contribution in [2.75, 3.05) is 11.4 Å². The van der Waals surface area contributed by atoms with E-state index < -0.39 is 23.7 Å². The highest BCUT2D eigenvalue weighted by Gasteiger charge is 2.48. The number of aryl methyl sites for hydroxylation is 1.